The largest absolute Gasteiger partial charge is 0.333 e. The van der Waals surface area contributed by atoms with Gasteiger partial charge in [0.25, 0.3) is 0 Å². The van der Waals surface area contributed by atoms with E-state index in [1.54, 1.807) is 4.68 Å². The first-order valence-corrected chi connectivity index (χ1v) is 9.02. The second-order valence-electron chi connectivity index (χ2n) is 6.92. The zero-order valence-corrected chi connectivity index (χ0v) is 15.7. The third-order valence-electron chi connectivity index (χ3n) is 3.57. The van der Waals surface area contributed by atoms with E-state index in [9.17, 15) is 4.79 Å². The van der Waals surface area contributed by atoms with Gasteiger partial charge in [-0.15, -0.1) is 5.10 Å². The van der Waals surface area contributed by atoms with E-state index in [2.05, 4.69) is 36.3 Å². The van der Waals surface area contributed by atoms with Crippen molar-refractivity contribution in [1.82, 2.24) is 25.1 Å². The van der Waals surface area contributed by atoms with Crippen molar-refractivity contribution in [3.05, 3.63) is 35.9 Å². The molecular weight excluding hydrogens is 322 g/mol. The number of hydrogen-bond acceptors (Lipinski definition) is 5. The van der Waals surface area contributed by atoms with Crippen LogP contribution in [0, 0.1) is 0 Å². The second kappa shape index (κ2) is 7.79. The van der Waals surface area contributed by atoms with Crippen LogP contribution in [0.2, 0.25) is 0 Å². The van der Waals surface area contributed by atoms with Crippen molar-refractivity contribution < 1.29 is 4.79 Å². The van der Waals surface area contributed by atoms with Crippen molar-refractivity contribution in [3.8, 4) is 0 Å². The fourth-order valence-electron chi connectivity index (χ4n) is 2.27. The summed E-state index contributed by atoms with van der Waals surface area (Å²) in [5.74, 6) is 0.395. The van der Waals surface area contributed by atoms with E-state index in [-0.39, 0.29) is 17.5 Å². The van der Waals surface area contributed by atoms with Crippen LogP contribution < -0.4 is 0 Å². The molecule has 0 aliphatic carbocycles. The molecule has 24 heavy (non-hydrogen) atoms. The molecule has 0 saturated heterocycles. The number of rotatable bonds is 6. The van der Waals surface area contributed by atoms with E-state index in [1.807, 2.05) is 49.1 Å². The van der Waals surface area contributed by atoms with Crippen LogP contribution in [0.3, 0.4) is 0 Å². The molecule has 0 N–H and O–H groups in total. The predicted molar refractivity (Wildman–Crippen MR) is 95.7 cm³/mol. The van der Waals surface area contributed by atoms with E-state index in [0.717, 1.165) is 5.56 Å². The Hall–Kier alpha value is -1.89. The standard InChI is InChI=1S/C17H25N5OS/c1-13(2)22-16(18-19-20-22)24-12-15(23)21(17(3,4)5)11-14-9-7-6-8-10-14/h6-10,13H,11-12H2,1-5H3. The summed E-state index contributed by atoms with van der Waals surface area (Å²) >= 11 is 1.38. The topological polar surface area (TPSA) is 63.9 Å². The lowest BCUT2D eigenvalue weighted by Crippen LogP contribution is -2.45. The van der Waals surface area contributed by atoms with Crippen molar-refractivity contribution in [3.63, 3.8) is 0 Å². The fourth-order valence-corrected chi connectivity index (χ4v) is 3.16. The number of benzene rings is 1. The molecule has 0 spiro atoms. The van der Waals surface area contributed by atoms with Crippen molar-refractivity contribution in [2.24, 2.45) is 0 Å². The van der Waals surface area contributed by atoms with Crippen LogP contribution in [-0.4, -0.2) is 42.3 Å². The first kappa shape index (κ1) is 18.4. The number of hydrogen-bond donors (Lipinski definition) is 0. The Morgan fingerprint density at radius 3 is 2.50 bits per heavy atom. The quantitative estimate of drug-likeness (QED) is 0.751. The molecule has 1 amide bonds. The number of amides is 1. The predicted octanol–water partition coefficient (Wildman–Crippen LogP) is 3.17. The minimum Gasteiger partial charge on any atom is -0.333 e. The SMILES string of the molecule is CC(C)n1nnnc1SCC(=O)N(Cc1ccccc1)C(C)(C)C. The highest BCUT2D eigenvalue weighted by Crippen LogP contribution is 2.22. The molecular formula is C17H25N5OS. The Morgan fingerprint density at radius 2 is 1.92 bits per heavy atom. The van der Waals surface area contributed by atoms with E-state index >= 15 is 0 Å². The molecule has 7 heteroatoms. The Balaban J connectivity index is 2.07. The molecule has 6 nitrogen and oxygen atoms in total. The fraction of sp³-hybridized carbons (Fsp3) is 0.529. The molecule has 0 aliphatic rings. The van der Waals surface area contributed by atoms with Crippen molar-refractivity contribution in [1.29, 1.82) is 0 Å². The molecule has 0 saturated carbocycles. The molecule has 0 aliphatic heterocycles. The molecule has 1 heterocycles. The van der Waals surface area contributed by atoms with Gasteiger partial charge in [0.15, 0.2) is 0 Å². The maximum absolute atomic E-state index is 12.8. The van der Waals surface area contributed by atoms with E-state index in [1.165, 1.54) is 11.8 Å². The van der Waals surface area contributed by atoms with Gasteiger partial charge in [0.05, 0.1) is 11.8 Å². The monoisotopic (exact) mass is 347 g/mol. The zero-order valence-electron chi connectivity index (χ0n) is 14.9. The molecule has 0 atom stereocenters. The number of nitrogens with zero attached hydrogens (tertiary/aromatic N) is 5. The van der Waals surface area contributed by atoms with Crippen LogP contribution in [0.15, 0.2) is 35.5 Å². The lowest BCUT2D eigenvalue weighted by atomic mass is 10.0. The van der Waals surface area contributed by atoms with Gasteiger partial charge in [0, 0.05) is 12.1 Å². The van der Waals surface area contributed by atoms with Gasteiger partial charge < -0.3 is 4.90 Å². The molecule has 1 aromatic carbocycles. The van der Waals surface area contributed by atoms with Gasteiger partial charge in [-0.05, 0) is 50.6 Å². The zero-order chi connectivity index (χ0) is 17.7. The lowest BCUT2D eigenvalue weighted by Gasteiger charge is -2.36. The molecule has 1 aromatic heterocycles. The van der Waals surface area contributed by atoms with Crippen LogP contribution in [-0.2, 0) is 11.3 Å². The van der Waals surface area contributed by atoms with Gasteiger partial charge >= 0.3 is 0 Å². The van der Waals surface area contributed by atoms with Crippen LogP contribution in [0.1, 0.15) is 46.2 Å². The summed E-state index contributed by atoms with van der Waals surface area (Å²) < 4.78 is 1.73. The second-order valence-corrected chi connectivity index (χ2v) is 7.87. The van der Waals surface area contributed by atoms with E-state index in [0.29, 0.717) is 17.5 Å². The summed E-state index contributed by atoms with van der Waals surface area (Å²) in [6.45, 7) is 10.8. The maximum atomic E-state index is 12.8. The van der Waals surface area contributed by atoms with Gasteiger partial charge in [0.1, 0.15) is 0 Å². The van der Waals surface area contributed by atoms with Crippen molar-refractivity contribution in [2.45, 2.75) is 57.9 Å². The highest BCUT2D eigenvalue weighted by Gasteiger charge is 2.27. The Bertz CT molecular complexity index is 663. The highest BCUT2D eigenvalue weighted by atomic mass is 32.2. The number of tetrazole rings is 1. The Kier molecular flexibility index (Phi) is 5.99. The average molecular weight is 347 g/mol. The summed E-state index contributed by atoms with van der Waals surface area (Å²) in [5.41, 5.74) is 0.870. The van der Waals surface area contributed by atoms with Crippen molar-refractivity contribution in [2.75, 3.05) is 5.75 Å². The minimum atomic E-state index is -0.253. The number of carbonyl (C=O) groups excluding carboxylic acids is 1. The van der Waals surface area contributed by atoms with Crippen molar-refractivity contribution >= 4 is 17.7 Å². The number of thioether (sulfide) groups is 1. The van der Waals surface area contributed by atoms with Gasteiger partial charge in [-0.3, -0.25) is 4.79 Å². The smallest absolute Gasteiger partial charge is 0.233 e. The normalized spacial score (nSPS) is 11.8. The molecule has 2 aromatic rings. The van der Waals surface area contributed by atoms with E-state index in [4.69, 9.17) is 0 Å². The molecule has 0 fully saturated rings. The number of aromatic nitrogens is 4. The van der Waals surface area contributed by atoms with Gasteiger partial charge in [-0.1, -0.05) is 42.1 Å². The first-order chi connectivity index (χ1) is 11.3. The summed E-state index contributed by atoms with van der Waals surface area (Å²) in [7, 11) is 0. The third kappa shape index (κ3) is 4.80. The average Bonchev–Trinajstić information content (AvgIpc) is 2.99. The molecule has 0 bridgehead atoms. The molecule has 0 unspecified atom stereocenters. The summed E-state index contributed by atoms with van der Waals surface area (Å²) in [6, 6.07) is 10.2. The maximum Gasteiger partial charge on any atom is 0.233 e. The molecule has 2 rings (SSSR count). The Morgan fingerprint density at radius 1 is 1.25 bits per heavy atom. The Labute approximate surface area is 147 Å². The van der Waals surface area contributed by atoms with Gasteiger partial charge in [-0.2, -0.15) is 0 Å². The summed E-state index contributed by atoms with van der Waals surface area (Å²) in [6.07, 6.45) is 0. The molecule has 0 radical (unpaired) electrons. The first-order valence-electron chi connectivity index (χ1n) is 8.04. The van der Waals surface area contributed by atoms with Crippen LogP contribution >= 0.6 is 11.8 Å². The highest BCUT2D eigenvalue weighted by molar-refractivity contribution is 7.99. The minimum absolute atomic E-state index is 0.0784. The van der Waals surface area contributed by atoms with Crippen LogP contribution in [0.4, 0.5) is 0 Å². The van der Waals surface area contributed by atoms with Gasteiger partial charge in [0.2, 0.25) is 11.1 Å². The summed E-state index contributed by atoms with van der Waals surface area (Å²) in [5, 5.41) is 12.3. The summed E-state index contributed by atoms with van der Waals surface area (Å²) in [4.78, 5) is 14.7. The van der Waals surface area contributed by atoms with E-state index < -0.39 is 0 Å². The van der Waals surface area contributed by atoms with Crippen LogP contribution in [0.25, 0.3) is 0 Å². The lowest BCUT2D eigenvalue weighted by molar-refractivity contribution is -0.133. The number of carbonyl (C=O) groups is 1. The third-order valence-corrected chi connectivity index (χ3v) is 4.49. The van der Waals surface area contributed by atoms with Crippen LogP contribution in [0.5, 0.6) is 0 Å². The van der Waals surface area contributed by atoms with Gasteiger partial charge in [-0.25, -0.2) is 4.68 Å². The molecule has 130 valence electrons.